The van der Waals surface area contributed by atoms with Crippen LogP contribution >= 0.6 is 0 Å². The standard InChI is InChI=1S/C19H20N2O5S/c1-14(22)17-7-2-3-8-18(17)20-19(23)15-5-4-6-16(13-15)27(24,25)21-9-11-26-12-10-21/h2-8,13H,9-12H2,1H3,(H,20,23). The summed E-state index contributed by atoms with van der Waals surface area (Å²) in [5, 5.41) is 2.68. The molecule has 0 spiro atoms. The van der Waals surface area contributed by atoms with E-state index in [1.54, 1.807) is 24.3 Å². The van der Waals surface area contributed by atoms with E-state index >= 15 is 0 Å². The Morgan fingerprint density at radius 2 is 1.74 bits per heavy atom. The highest BCUT2D eigenvalue weighted by Gasteiger charge is 2.27. The molecule has 27 heavy (non-hydrogen) atoms. The summed E-state index contributed by atoms with van der Waals surface area (Å²) in [6.07, 6.45) is 0. The van der Waals surface area contributed by atoms with Gasteiger partial charge in [0, 0.05) is 24.2 Å². The van der Waals surface area contributed by atoms with Crippen LogP contribution in [0.15, 0.2) is 53.4 Å². The summed E-state index contributed by atoms with van der Waals surface area (Å²) in [4.78, 5) is 24.3. The quantitative estimate of drug-likeness (QED) is 0.793. The summed E-state index contributed by atoms with van der Waals surface area (Å²) in [7, 11) is -3.69. The largest absolute Gasteiger partial charge is 0.379 e. The molecule has 1 aliphatic heterocycles. The number of rotatable bonds is 5. The third-order valence-electron chi connectivity index (χ3n) is 4.26. The number of ketones is 1. The number of ether oxygens (including phenoxy) is 1. The van der Waals surface area contributed by atoms with Crippen molar-refractivity contribution in [2.75, 3.05) is 31.6 Å². The van der Waals surface area contributed by atoms with E-state index in [1.807, 2.05) is 0 Å². The van der Waals surface area contributed by atoms with E-state index in [2.05, 4.69) is 5.32 Å². The smallest absolute Gasteiger partial charge is 0.255 e. The molecule has 0 saturated carbocycles. The van der Waals surface area contributed by atoms with Crippen molar-refractivity contribution in [3.05, 3.63) is 59.7 Å². The van der Waals surface area contributed by atoms with Crippen molar-refractivity contribution >= 4 is 27.4 Å². The number of carbonyl (C=O) groups excluding carboxylic acids is 2. The highest BCUT2D eigenvalue weighted by atomic mass is 32.2. The van der Waals surface area contributed by atoms with Gasteiger partial charge in [-0.2, -0.15) is 4.31 Å². The van der Waals surface area contributed by atoms with E-state index in [-0.39, 0.29) is 29.3 Å². The molecule has 1 N–H and O–H groups in total. The van der Waals surface area contributed by atoms with Crippen molar-refractivity contribution in [3.8, 4) is 0 Å². The van der Waals surface area contributed by atoms with Crippen molar-refractivity contribution in [1.29, 1.82) is 0 Å². The van der Waals surface area contributed by atoms with Gasteiger partial charge in [-0.15, -0.1) is 0 Å². The number of morpholine rings is 1. The summed E-state index contributed by atoms with van der Waals surface area (Å²) in [6, 6.07) is 12.5. The first kappa shape index (κ1) is 19.2. The van der Waals surface area contributed by atoms with E-state index in [9.17, 15) is 18.0 Å². The summed E-state index contributed by atoms with van der Waals surface area (Å²) in [5.74, 6) is -0.655. The molecule has 0 aliphatic carbocycles. The number of amides is 1. The first-order valence-corrected chi connectivity index (χ1v) is 9.93. The van der Waals surface area contributed by atoms with Crippen LogP contribution in [0.5, 0.6) is 0 Å². The fourth-order valence-corrected chi connectivity index (χ4v) is 4.28. The normalized spacial score (nSPS) is 15.3. The van der Waals surface area contributed by atoms with Gasteiger partial charge >= 0.3 is 0 Å². The third-order valence-corrected chi connectivity index (χ3v) is 6.15. The van der Waals surface area contributed by atoms with Gasteiger partial charge in [-0.25, -0.2) is 8.42 Å². The number of carbonyl (C=O) groups is 2. The predicted octanol–water partition coefficient (Wildman–Crippen LogP) is 2.16. The number of nitrogens with one attached hydrogen (secondary N) is 1. The van der Waals surface area contributed by atoms with Crippen LogP contribution < -0.4 is 5.32 Å². The molecule has 1 aliphatic rings. The van der Waals surface area contributed by atoms with Crippen LogP contribution in [0.4, 0.5) is 5.69 Å². The van der Waals surface area contributed by atoms with Gasteiger partial charge in [0.05, 0.1) is 23.8 Å². The Bertz CT molecular complexity index is 966. The molecule has 0 radical (unpaired) electrons. The minimum atomic E-state index is -3.69. The lowest BCUT2D eigenvalue weighted by molar-refractivity contribution is 0.0730. The van der Waals surface area contributed by atoms with Crippen LogP contribution in [-0.2, 0) is 14.8 Å². The van der Waals surface area contributed by atoms with Crippen LogP contribution in [0.2, 0.25) is 0 Å². The Morgan fingerprint density at radius 1 is 1.04 bits per heavy atom. The predicted molar refractivity (Wildman–Crippen MR) is 100 cm³/mol. The van der Waals surface area contributed by atoms with Crippen LogP contribution in [0, 0.1) is 0 Å². The molecule has 1 fully saturated rings. The molecule has 8 heteroatoms. The topological polar surface area (TPSA) is 92.8 Å². The molecule has 2 aromatic rings. The number of Topliss-reactive ketones (excluding diaryl/α,β-unsaturated/α-hetero) is 1. The number of sulfonamides is 1. The van der Waals surface area contributed by atoms with Gasteiger partial charge in [-0.1, -0.05) is 18.2 Å². The number of hydrogen-bond acceptors (Lipinski definition) is 5. The highest BCUT2D eigenvalue weighted by Crippen LogP contribution is 2.20. The average Bonchev–Trinajstić information content (AvgIpc) is 2.69. The zero-order chi connectivity index (χ0) is 19.4. The molecular formula is C19H20N2O5S. The summed E-state index contributed by atoms with van der Waals surface area (Å²) in [6.45, 7) is 2.68. The second-order valence-electron chi connectivity index (χ2n) is 6.10. The Labute approximate surface area is 158 Å². The number of benzene rings is 2. The second-order valence-corrected chi connectivity index (χ2v) is 8.04. The lowest BCUT2D eigenvalue weighted by Gasteiger charge is -2.26. The Hall–Kier alpha value is -2.55. The average molecular weight is 388 g/mol. The molecule has 1 amide bonds. The molecule has 1 heterocycles. The maximum Gasteiger partial charge on any atom is 0.255 e. The SMILES string of the molecule is CC(=O)c1ccccc1NC(=O)c1cccc(S(=O)(=O)N2CCOCC2)c1. The van der Waals surface area contributed by atoms with Crippen molar-refractivity contribution in [2.24, 2.45) is 0 Å². The molecule has 2 aromatic carbocycles. The fourth-order valence-electron chi connectivity index (χ4n) is 2.83. The first-order chi connectivity index (χ1) is 12.9. The van der Waals surface area contributed by atoms with Crippen molar-refractivity contribution in [2.45, 2.75) is 11.8 Å². The maximum absolute atomic E-state index is 12.8. The zero-order valence-corrected chi connectivity index (χ0v) is 15.7. The lowest BCUT2D eigenvalue weighted by Crippen LogP contribution is -2.40. The fraction of sp³-hybridized carbons (Fsp3) is 0.263. The Morgan fingerprint density at radius 3 is 2.44 bits per heavy atom. The van der Waals surface area contributed by atoms with Crippen molar-refractivity contribution in [3.63, 3.8) is 0 Å². The third kappa shape index (κ3) is 4.24. The van der Waals surface area contributed by atoms with Gasteiger partial charge in [0.25, 0.3) is 5.91 Å². The molecule has 142 valence electrons. The van der Waals surface area contributed by atoms with Gasteiger partial charge in [-0.05, 0) is 37.3 Å². The van der Waals surface area contributed by atoms with Gasteiger partial charge in [0.15, 0.2) is 5.78 Å². The molecule has 1 saturated heterocycles. The van der Waals surface area contributed by atoms with Crippen molar-refractivity contribution < 1.29 is 22.7 Å². The first-order valence-electron chi connectivity index (χ1n) is 8.49. The van der Waals surface area contributed by atoms with Gasteiger partial charge in [0.1, 0.15) is 0 Å². The Balaban J connectivity index is 1.85. The minimum Gasteiger partial charge on any atom is -0.379 e. The lowest BCUT2D eigenvalue weighted by atomic mass is 10.1. The van der Waals surface area contributed by atoms with E-state index in [1.165, 1.54) is 35.5 Å². The van der Waals surface area contributed by atoms with Crippen LogP contribution in [0.25, 0.3) is 0 Å². The molecule has 0 aromatic heterocycles. The molecule has 0 atom stereocenters. The Kier molecular flexibility index (Phi) is 5.69. The zero-order valence-electron chi connectivity index (χ0n) is 14.8. The molecule has 0 bridgehead atoms. The van der Waals surface area contributed by atoms with Crippen LogP contribution in [-0.4, -0.2) is 50.7 Å². The van der Waals surface area contributed by atoms with Crippen LogP contribution in [0.1, 0.15) is 27.6 Å². The number of nitrogens with zero attached hydrogens (tertiary/aromatic N) is 1. The molecule has 3 rings (SSSR count). The van der Waals surface area contributed by atoms with Crippen LogP contribution in [0.3, 0.4) is 0 Å². The summed E-state index contributed by atoms with van der Waals surface area (Å²) in [5.41, 5.74) is 0.974. The van der Waals surface area contributed by atoms with Gasteiger partial charge in [0.2, 0.25) is 10.0 Å². The molecular weight excluding hydrogens is 368 g/mol. The van der Waals surface area contributed by atoms with Gasteiger partial charge < -0.3 is 10.1 Å². The number of hydrogen-bond donors (Lipinski definition) is 1. The highest BCUT2D eigenvalue weighted by molar-refractivity contribution is 7.89. The number of para-hydroxylation sites is 1. The molecule has 7 nitrogen and oxygen atoms in total. The van der Waals surface area contributed by atoms with E-state index in [0.29, 0.717) is 24.5 Å². The maximum atomic E-state index is 12.8. The monoisotopic (exact) mass is 388 g/mol. The van der Waals surface area contributed by atoms with E-state index < -0.39 is 15.9 Å². The summed E-state index contributed by atoms with van der Waals surface area (Å²) >= 11 is 0. The number of anilines is 1. The van der Waals surface area contributed by atoms with Crippen molar-refractivity contribution in [1.82, 2.24) is 4.31 Å². The molecule has 0 unspecified atom stereocenters. The van der Waals surface area contributed by atoms with E-state index in [4.69, 9.17) is 4.74 Å². The van der Waals surface area contributed by atoms with Gasteiger partial charge in [-0.3, -0.25) is 9.59 Å². The second kappa shape index (κ2) is 7.99. The van der Waals surface area contributed by atoms with E-state index in [0.717, 1.165) is 0 Å². The minimum absolute atomic E-state index is 0.0527. The summed E-state index contributed by atoms with van der Waals surface area (Å²) < 4.78 is 32.1.